The lowest BCUT2D eigenvalue weighted by Crippen LogP contribution is -2.47. The number of carbonyl (C=O) groups is 1. The maximum Gasteiger partial charge on any atom is 0.433 e. The van der Waals surface area contributed by atoms with Crippen molar-refractivity contribution in [2.45, 2.75) is 58.0 Å². The Labute approximate surface area is 172 Å². The van der Waals surface area contributed by atoms with Gasteiger partial charge in [-0.15, -0.1) is 0 Å². The number of nitrogens with two attached hydrogens (primary N) is 1. The molecule has 0 atom stereocenters. The van der Waals surface area contributed by atoms with Crippen LogP contribution in [0.25, 0.3) is 5.95 Å². The normalized spacial score (nSPS) is 30.1. The van der Waals surface area contributed by atoms with Crippen LogP contribution >= 0.6 is 0 Å². The number of aromatic nitrogens is 4. The van der Waals surface area contributed by atoms with Crippen LogP contribution in [0.2, 0.25) is 0 Å². The summed E-state index contributed by atoms with van der Waals surface area (Å²) in [5.41, 5.74) is 5.89. The molecule has 2 aromatic rings. The third-order valence-electron chi connectivity index (χ3n) is 7.23. The van der Waals surface area contributed by atoms with Crippen LogP contribution in [0.5, 0.6) is 0 Å². The molecule has 2 N–H and O–H groups in total. The van der Waals surface area contributed by atoms with Crippen LogP contribution in [0.15, 0.2) is 12.3 Å². The van der Waals surface area contributed by atoms with Crippen molar-refractivity contribution in [2.24, 2.45) is 28.9 Å². The molecule has 0 spiro atoms. The van der Waals surface area contributed by atoms with E-state index in [1.807, 2.05) is 0 Å². The first-order valence-corrected chi connectivity index (χ1v) is 10.4. The number of aryl methyl sites for hydroxylation is 1. The van der Waals surface area contributed by atoms with Crippen molar-refractivity contribution in [3.8, 4) is 5.95 Å². The fraction of sp³-hybridized carbons (Fsp3) is 0.619. The number of primary amides is 1. The van der Waals surface area contributed by atoms with Crippen LogP contribution < -0.4 is 5.73 Å². The first kappa shape index (κ1) is 19.5. The van der Waals surface area contributed by atoms with Gasteiger partial charge in [0.15, 0.2) is 0 Å². The van der Waals surface area contributed by atoms with Crippen LogP contribution in [-0.2, 0) is 12.6 Å². The Morgan fingerprint density at radius 1 is 1.20 bits per heavy atom. The molecular formula is C21H24F3N5O. The predicted molar refractivity (Wildman–Crippen MR) is 102 cm³/mol. The van der Waals surface area contributed by atoms with Gasteiger partial charge < -0.3 is 5.73 Å². The van der Waals surface area contributed by atoms with Gasteiger partial charge in [0.1, 0.15) is 5.69 Å². The number of hydrogen-bond acceptors (Lipinski definition) is 4. The molecule has 4 bridgehead atoms. The van der Waals surface area contributed by atoms with E-state index >= 15 is 0 Å². The van der Waals surface area contributed by atoms with Gasteiger partial charge in [0, 0.05) is 6.20 Å². The molecule has 4 aliphatic rings. The Morgan fingerprint density at radius 2 is 1.80 bits per heavy atom. The Kier molecular flexibility index (Phi) is 4.24. The van der Waals surface area contributed by atoms with E-state index in [1.165, 1.54) is 23.9 Å². The molecule has 2 heterocycles. The molecule has 6 rings (SSSR count). The van der Waals surface area contributed by atoms with Crippen LogP contribution in [-0.4, -0.2) is 25.7 Å². The molecule has 1 amide bonds. The smallest absolute Gasteiger partial charge is 0.365 e. The van der Waals surface area contributed by atoms with E-state index in [4.69, 9.17) is 5.73 Å². The van der Waals surface area contributed by atoms with Crippen molar-refractivity contribution in [3.05, 3.63) is 34.9 Å². The average molecular weight is 419 g/mol. The van der Waals surface area contributed by atoms with Crippen molar-refractivity contribution in [1.82, 2.24) is 19.7 Å². The highest BCUT2D eigenvalue weighted by Gasteiger charge is 2.51. The highest BCUT2D eigenvalue weighted by atomic mass is 19.4. The Balaban J connectivity index is 1.59. The van der Waals surface area contributed by atoms with E-state index in [-0.39, 0.29) is 16.9 Å². The van der Waals surface area contributed by atoms with Crippen LogP contribution in [0, 0.1) is 30.1 Å². The summed E-state index contributed by atoms with van der Waals surface area (Å²) in [5.74, 6) is 1.31. The monoisotopic (exact) mass is 419 g/mol. The summed E-state index contributed by atoms with van der Waals surface area (Å²) in [6.07, 6.45) is 4.13. The summed E-state index contributed by atoms with van der Waals surface area (Å²) in [7, 11) is 0. The molecule has 0 unspecified atom stereocenters. The second kappa shape index (κ2) is 6.52. The predicted octanol–water partition coefficient (Wildman–Crippen LogP) is 3.85. The lowest BCUT2D eigenvalue weighted by atomic mass is 9.48. The molecule has 0 saturated heterocycles. The molecule has 6 nitrogen and oxygen atoms in total. The second-order valence-electron chi connectivity index (χ2n) is 9.52. The number of hydrogen-bond donors (Lipinski definition) is 1. The summed E-state index contributed by atoms with van der Waals surface area (Å²) in [4.78, 5) is 20.0. The van der Waals surface area contributed by atoms with Crippen molar-refractivity contribution >= 4 is 5.91 Å². The minimum Gasteiger partial charge on any atom is -0.365 e. The third kappa shape index (κ3) is 3.18. The van der Waals surface area contributed by atoms with Gasteiger partial charge in [0.25, 0.3) is 11.9 Å². The molecule has 0 radical (unpaired) electrons. The standard InChI is InChI=1S/C21H24F3N5O/c1-11-17(18(25)30)15(10-20-7-12-4-13(8-20)6-14(5-12)9-20)29(28-11)19-26-3-2-16(27-19)21(22,23)24/h2-3,12-14H,4-10H2,1H3,(H2,25,30). The number of halogens is 3. The summed E-state index contributed by atoms with van der Waals surface area (Å²) >= 11 is 0. The molecule has 4 fully saturated rings. The minimum absolute atomic E-state index is 0.0464. The molecular weight excluding hydrogens is 395 g/mol. The van der Waals surface area contributed by atoms with Crippen LogP contribution in [0.3, 0.4) is 0 Å². The van der Waals surface area contributed by atoms with Gasteiger partial charge in [-0.3, -0.25) is 4.79 Å². The number of amides is 1. The van der Waals surface area contributed by atoms with Gasteiger partial charge in [0.05, 0.1) is 17.0 Å². The van der Waals surface area contributed by atoms with Gasteiger partial charge in [0.2, 0.25) is 0 Å². The van der Waals surface area contributed by atoms with Gasteiger partial charge in [-0.05, 0) is 81.1 Å². The summed E-state index contributed by atoms with van der Waals surface area (Å²) in [6, 6.07) is 0.827. The zero-order chi connectivity index (χ0) is 21.3. The lowest BCUT2D eigenvalue weighted by Gasteiger charge is -2.57. The third-order valence-corrected chi connectivity index (χ3v) is 7.23. The van der Waals surface area contributed by atoms with E-state index in [2.05, 4.69) is 15.1 Å². The van der Waals surface area contributed by atoms with E-state index in [0.29, 0.717) is 35.6 Å². The quantitative estimate of drug-likeness (QED) is 0.816. The molecule has 4 aliphatic carbocycles. The largest absolute Gasteiger partial charge is 0.433 e. The van der Waals surface area contributed by atoms with Crippen LogP contribution in [0.4, 0.5) is 13.2 Å². The van der Waals surface area contributed by atoms with Crippen molar-refractivity contribution in [3.63, 3.8) is 0 Å². The minimum atomic E-state index is -4.59. The number of carbonyl (C=O) groups excluding carboxylic acids is 1. The Morgan fingerprint density at radius 3 is 2.33 bits per heavy atom. The Bertz CT molecular complexity index is 977. The number of rotatable bonds is 4. The van der Waals surface area contributed by atoms with E-state index in [9.17, 15) is 18.0 Å². The van der Waals surface area contributed by atoms with Gasteiger partial charge in [-0.2, -0.15) is 18.3 Å². The fourth-order valence-corrected chi connectivity index (χ4v) is 6.69. The van der Waals surface area contributed by atoms with E-state index in [0.717, 1.165) is 31.5 Å². The van der Waals surface area contributed by atoms with Gasteiger partial charge in [-0.25, -0.2) is 14.6 Å². The SMILES string of the molecule is Cc1nn(-c2nccc(C(F)(F)F)n2)c(CC23CC4CC(CC(C4)C2)C3)c1C(N)=O. The summed E-state index contributed by atoms with van der Waals surface area (Å²) in [6.45, 7) is 1.65. The molecule has 9 heteroatoms. The Hall–Kier alpha value is -2.45. The van der Waals surface area contributed by atoms with Crippen molar-refractivity contribution in [2.75, 3.05) is 0 Å². The zero-order valence-electron chi connectivity index (χ0n) is 16.7. The lowest BCUT2D eigenvalue weighted by molar-refractivity contribution is -0.141. The molecule has 160 valence electrons. The maximum atomic E-state index is 13.2. The molecule has 0 aromatic carbocycles. The second-order valence-corrected chi connectivity index (χ2v) is 9.52. The first-order chi connectivity index (χ1) is 14.1. The highest BCUT2D eigenvalue weighted by molar-refractivity contribution is 5.95. The summed E-state index contributed by atoms with van der Waals surface area (Å²) in [5, 5.41) is 4.35. The van der Waals surface area contributed by atoms with Gasteiger partial charge in [-0.1, -0.05) is 0 Å². The number of alkyl halides is 3. The van der Waals surface area contributed by atoms with Gasteiger partial charge >= 0.3 is 6.18 Å². The summed E-state index contributed by atoms with van der Waals surface area (Å²) < 4.78 is 40.9. The zero-order valence-corrected chi connectivity index (χ0v) is 16.7. The van der Waals surface area contributed by atoms with Crippen molar-refractivity contribution in [1.29, 1.82) is 0 Å². The molecule has 30 heavy (non-hydrogen) atoms. The fourth-order valence-electron chi connectivity index (χ4n) is 6.69. The number of nitrogens with zero attached hydrogens (tertiary/aromatic N) is 4. The first-order valence-electron chi connectivity index (χ1n) is 10.4. The molecule has 2 aromatic heterocycles. The average Bonchev–Trinajstić information content (AvgIpc) is 2.95. The van der Waals surface area contributed by atoms with E-state index < -0.39 is 17.8 Å². The molecule has 0 aliphatic heterocycles. The topological polar surface area (TPSA) is 86.7 Å². The van der Waals surface area contributed by atoms with Crippen molar-refractivity contribution < 1.29 is 18.0 Å². The highest BCUT2D eigenvalue weighted by Crippen LogP contribution is 2.61. The van der Waals surface area contributed by atoms with E-state index in [1.54, 1.807) is 6.92 Å². The molecule has 4 saturated carbocycles. The maximum absolute atomic E-state index is 13.2. The van der Waals surface area contributed by atoms with Crippen LogP contribution in [0.1, 0.15) is 66.0 Å².